The van der Waals surface area contributed by atoms with Crippen molar-refractivity contribution >= 4 is 5.96 Å². The molecule has 1 aromatic carbocycles. The third-order valence-electron chi connectivity index (χ3n) is 5.48. The Balaban J connectivity index is 1.66. The van der Waals surface area contributed by atoms with E-state index >= 15 is 0 Å². The molecule has 2 fully saturated rings. The van der Waals surface area contributed by atoms with Crippen molar-refractivity contribution < 1.29 is 14.6 Å². The predicted molar refractivity (Wildman–Crippen MR) is 98.4 cm³/mol. The molecular formula is C19H29N3O3. The molecule has 0 spiro atoms. The van der Waals surface area contributed by atoms with Crippen molar-refractivity contribution in [3.05, 3.63) is 17.7 Å². The highest BCUT2D eigenvalue weighted by Gasteiger charge is 2.35. The van der Waals surface area contributed by atoms with Gasteiger partial charge in [0, 0.05) is 26.7 Å². The minimum atomic E-state index is 0.0294. The number of likely N-dealkylation sites (tertiary alicyclic amines) is 1. The minimum absolute atomic E-state index is 0.0294. The number of phenolic OH excluding ortho intramolecular Hbond substituents is 1. The number of nitrogens with one attached hydrogen (secondary N) is 1. The zero-order valence-corrected chi connectivity index (χ0v) is 15.4. The summed E-state index contributed by atoms with van der Waals surface area (Å²) in [5, 5.41) is 13.5. The number of hydrogen-bond donors (Lipinski definition) is 2. The Labute approximate surface area is 149 Å². The molecule has 1 aliphatic carbocycles. The fourth-order valence-corrected chi connectivity index (χ4v) is 4.14. The Morgan fingerprint density at radius 2 is 1.72 bits per heavy atom. The number of phenols is 1. The van der Waals surface area contributed by atoms with Gasteiger partial charge in [-0.15, -0.1) is 0 Å². The Bertz CT molecular complexity index is 593. The van der Waals surface area contributed by atoms with Gasteiger partial charge in [-0.25, -0.2) is 0 Å². The molecule has 1 saturated heterocycles. The van der Waals surface area contributed by atoms with Crippen LogP contribution in [0.15, 0.2) is 17.1 Å². The quantitative estimate of drug-likeness (QED) is 0.647. The SMILES string of the molecule is CN=C(NCc1cc(OC)c(O)c(OC)c1)N1CC2CCCCC2C1. The van der Waals surface area contributed by atoms with E-state index in [4.69, 9.17) is 9.47 Å². The molecule has 138 valence electrons. The number of ether oxygens (including phenoxy) is 2. The first-order chi connectivity index (χ1) is 12.2. The summed E-state index contributed by atoms with van der Waals surface area (Å²) in [7, 11) is 4.91. The summed E-state index contributed by atoms with van der Waals surface area (Å²) in [6.07, 6.45) is 5.44. The van der Waals surface area contributed by atoms with Gasteiger partial charge in [-0.1, -0.05) is 12.8 Å². The maximum absolute atomic E-state index is 10.0. The van der Waals surface area contributed by atoms with Crippen molar-refractivity contribution in [1.82, 2.24) is 10.2 Å². The second-order valence-electron chi connectivity index (χ2n) is 6.96. The fraction of sp³-hybridized carbons (Fsp3) is 0.632. The third kappa shape index (κ3) is 3.78. The van der Waals surface area contributed by atoms with Crippen molar-refractivity contribution in [1.29, 1.82) is 0 Å². The first kappa shape index (κ1) is 17.7. The van der Waals surface area contributed by atoms with Crippen molar-refractivity contribution in [2.24, 2.45) is 16.8 Å². The van der Waals surface area contributed by atoms with Crippen LogP contribution < -0.4 is 14.8 Å². The minimum Gasteiger partial charge on any atom is -0.502 e. The molecule has 6 heteroatoms. The van der Waals surface area contributed by atoms with Crippen LogP contribution >= 0.6 is 0 Å². The molecule has 25 heavy (non-hydrogen) atoms. The van der Waals surface area contributed by atoms with Crippen LogP contribution in [0.4, 0.5) is 0 Å². The number of fused-ring (bicyclic) bond motifs is 1. The zero-order valence-electron chi connectivity index (χ0n) is 15.4. The zero-order chi connectivity index (χ0) is 17.8. The normalized spacial score (nSPS) is 23.3. The molecule has 2 atom stereocenters. The highest BCUT2D eigenvalue weighted by atomic mass is 16.5. The van der Waals surface area contributed by atoms with Crippen LogP contribution in [0.3, 0.4) is 0 Å². The molecule has 1 aromatic rings. The van der Waals surface area contributed by atoms with Crippen LogP contribution in [-0.2, 0) is 6.54 Å². The summed E-state index contributed by atoms with van der Waals surface area (Å²) in [5.74, 6) is 3.45. The smallest absolute Gasteiger partial charge is 0.200 e. The average molecular weight is 347 g/mol. The number of nitrogens with zero attached hydrogens (tertiary/aromatic N) is 2. The molecule has 1 saturated carbocycles. The Morgan fingerprint density at radius 1 is 1.16 bits per heavy atom. The summed E-state index contributed by atoms with van der Waals surface area (Å²) in [6, 6.07) is 3.64. The summed E-state index contributed by atoms with van der Waals surface area (Å²) in [6.45, 7) is 2.81. The van der Waals surface area contributed by atoms with Crippen LogP contribution in [0.1, 0.15) is 31.2 Å². The fourth-order valence-electron chi connectivity index (χ4n) is 4.14. The molecule has 0 radical (unpaired) electrons. The predicted octanol–water partition coefficient (Wildman–Crippen LogP) is 2.61. The van der Waals surface area contributed by atoms with Gasteiger partial charge in [0.1, 0.15) is 0 Å². The lowest BCUT2D eigenvalue weighted by Crippen LogP contribution is -2.39. The lowest BCUT2D eigenvalue weighted by atomic mass is 9.82. The summed E-state index contributed by atoms with van der Waals surface area (Å²) in [5.41, 5.74) is 0.976. The van der Waals surface area contributed by atoms with Gasteiger partial charge in [-0.3, -0.25) is 4.99 Å². The molecule has 3 rings (SSSR count). The van der Waals surface area contributed by atoms with Gasteiger partial charge in [0.05, 0.1) is 14.2 Å². The van der Waals surface area contributed by atoms with Gasteiger partial charge in [0.2, 0.25) is 5.75 Å². The van der Waals surface area contributed by atoms with E-state index in [1.165, 1.54) is 39.9 Å². The molecule has 2 aliphatic rings. The lowest BCUT2D eigenvalue weighted by Gasteiger charge is -2.22. The highest BCUT2D eigenvalue weighted by molar-refractivity contribution is 5.80. The monoisotopic (exact) mass is 347 g/mol. The Hall–Kier alpha value is -2.11. The Morgan fingerprint density at radius 3 is 2.20 bits per heavy atom. The number of aliphatic imine (C=N–C) groups is 1. The summed E-state index contributed by atoms with van der Waals surface area (Å²) < 4.78 is 10.5. The average Bonchev–Trinajstić information content (AvgIpc) is 3.07. The number of rotatable bonds is 4. The number of guanidine groups is 1. The van der Waals surface area contributed by atoms with Gasteiger partial charge in [-0.2, -0.15) is 0 Å². The van der Waals surface area contributed by atoms with Gasteiger partial charge in [-0.05, 0) is 42.4 Å². The molecule has 0 aromatic heterocycles. The standard InChI is InChI=1S/C19H29N3O3/c1-20-19(22-11-14-6-4-5-7-15(14)12-22)21-10-13-8-16(24-2)18(23)17(9-13)25-3/h8-9,14-15,23H,4-7,10-12H2,1-3H3,(H,20,21). The molecule has 1 aliphatic heterocycles. The van der Waals surface area contributed by atoms with E-state index in [9.17, 15) is 5.11 Å². The number of methoxy groups -OCH3 is 2. The van der Waals surface area contributed by atoms with Gasteiger partial charge in [0.15, 0.2) is 17.5 Å². The van der Waals surface area contributed by atoms with E-state index in [2.05, 4.69) is 15.2 Å². The molecule has 2 unspecified atom stereocenters. The first-order valence-corrected chi connectivity index (χ1v) is 9.05. The molecule has 6 nitrogen and oxygen atoms in total. The van der Waals surface area contributed by atoms with Crippen molar-refractivity contribution in [2.75, 3.05) is 34.4 Å². The maximum atomic E-state index is 10.0. The highest BCUT2D eigenvalue weighted by Crippen LogP contribution is 2.37. The number of aromatic hydroxyl groups is 1. The largest absolute Gasteiger partial charge is 0.502 e. The Kier molecular flexibility index (Phi) is 5.56. The van der Waals surface area contributed by atoms with Gasteiger partial charge < -0.3 is 24.8 Å². The molecule has 1 heterocycles. The van der Waals surface area contributed by atoms with Gasteiger partial charge >= 0.3 is 0 Å². The van der Waals surface area contributed by atoms with Crippen LogP contribution in [0, 0.1) is 11.8 Å². The summed E-state index contributed by atoms with van der Waals surface area (Å²) >= 11 is 0. The lowest BCUT2D eigenvalue weighted by molar-refractivity contribution is 0.299. The second kappa shape index (κ2) is 7.85. The maximum Gasteiger partial charge on any atom is 0.200 e. The first-order valence-electron chi connectivity index (χ1n) is 9.05. The van der Waals surface area contributed by atoms with E-state index in [0.717, 1.165) is 36.4 Å². The van der Waals surface area contributed by atoms with Gasteiger partial charge in [0.25, 0.3) is 0 Å². The second-order valence-corrected chi connectivity index (χ2v) is 6.96. The van der Waals surface area contributed by atoms with Crippen molar-refractivity contribution in [3.8, 4) is 17.2 Å². The van der Waals surface area contributed by atoms with Crippen LogP contribution in [-0.4, -0.2) is 50.3 Å². The topological polar surface area (TPSA) is 66.3 Å². The molecule has 2 N–H and O–H groups in total. The number of benzene rings is 1. The van der Waals surface area contributed by atoms with E-state index < -0.39 is 0 Å². The van der Waals surface area contributed by atoms with E-state index in [0.29, 0.717) is 18.0 Å². The number of hydrogen-bond acceptors (Lipinski definition) is 4. The van der Waals surface area contributed by atoms with E-state index in [-0.39, 0.29) is 5.75 Å². The third-order valence-corrected chi connectivity index (χ3v) is 5.48. The van der Waals surface area contributed by atoms with E-state index in [1.54, 1.807) is 0 Å². The molecule has 0 bridgehead atoms. The van der Waals surface area contributed by atoms with Crippen LogP contribution in [0.25, 0.3) is 0 Å². The van der Waals surface area contributed by atoms with Crippen LogP contribution in [0.2, 0.25) is 0 Å². The summed E-state index contributed by atoms with van der Waals surface area (Å²) in [4.78, 5) is 6.85. The van der Waals surface area contributed by atoms with Crippen molar-refractivity contribution in [3.63, 3.8) is 0 Å². The molecule has 0 amide bonds. The molecular weight excluding hydrogens is 318 g/mol. The van der Waals surface area contributed by atoms with Crippen LogP contribution in [0.5, 0.6) is 17.2 Å². The van der Waals surface area contributed by atoms with E-state index in [1.807, 2.05) is 19.2 Å². The van der Waals surface area contributed by atoms with Crippen molar-refractivity contribution in [2.45, 2.75) is 32.2 Å².